The summed E-state index contributed by atoms with van der Waals surface area (Å²) in [5.74, 6) is 0.803. The molecule has 1 amide bonds. The van der Waals surface area contributed by atoms with Gasteiger partial charge in [-0.05, 0) is 19.9 Å². The number of aromatic nitrogens is 6. The van der Waals surface area contributed by atoms with Gasteiger partial charge in [0.1, 0.15) is 0 Å². The minimum atomic E-state index is -0.560. The Morgan fingerprint density at radius 3 is 2.56 bits per heavy atom. The van der Waals surface area contributed by atoms with E-state index in [1.807, 2.05) is 51.4 Å². The summed E-state index contributed by atoms with van der Waals surface area (Å²) in [6.07, 6.45) is 1.83. The maximum absolute atomic E-state index is 12.2. The standard InChI is InChI=1S/C16H22N8O/c1-6-23-12-10(18-15(23)24-8-7-9(2)22-24)11(17)19-14(20-12)21-13(25)16(3,4)5/h7-8H,6H2,1-5H3,(H3,17,19,20,21,25). The van der Waals surface area contributed by atoms with Gasteiger partial charge >= 0.3 is 0 Å². The number of hydrogen-bond acceptors (Lipinski definition) is 6. The Hall–Kier alpha value is -2.97. The van der Waals surface area contributed by atoms with E-state index < -0.39 is 5.41 Å². The highest BCUT2D eigenvalue weighted by molar-refractivity contribution is 5.94. The monoisotopic (exact) mass is 342 g/mol. The lowest BCUT2D eigenvalue weighted by atomic mass is 9.96. The third-order valence-electron chi connectivity index (χ3n) is 3.75. The van der Waals surface area contributed by atoms with E-state index in [4.69, 9.17) is 5.73 Å². The average Bonchev–Trinajstić information content (AvgIpc) is 3.09. The minimum Gasteiger partial charge on any atom is -0.382 e. The Bertz CT molecular complexity index is 947. The van der Waals surface area contributed by atoms with Gasteiger partial charge in [-0.3, -0.25) is 14.7 Å². The Kier molecular flexibility index (Phi) is 3.94. The van der Waals surface area contributed by atoms with Crippen molar-refractivity contribution in [3.8, 4) is 5.95 Å². The molecule has 0 unspecified atom stereocenters. The SMILES string of the molecule is CCn1c(-n2ccc(C)n2)nc2c(N)nc(NC(=O)C(C)(C)C)nc21. The van der Waals surface area contributed by atoms with Gasteiger partial charge in [0.2, 0.25) is 17.8 Å². The average molecular weight is 342 g/mol. The molecule has 0 saturated carbocycles. The highest BCUT2D eigenvalue weighted by Crippen LogP contribution is 2.24. The van der Waals surface area contributed by atoms with Crippen LogP contribution in [0.2, 0.25) is 0 Å². The van der Waals surface area contributed by atoms with E-state index in [1.165, 1.54) is 0 Å². The van der Waals surface area contributed by atoms with Gasteiger partial charge in [-0.1, -0.05) is 20.8 Å². The van der Waals surface area contributed by atoms with E-state index in [1.54, 1.807) is 4.68 Å². The molecule has 0 saturated heterocycles. The molecule has 3 rings (SSSR count). The maximum Gasteiger partial charge on any atom is 0.233 e. The van der Waals surface area contributed by atoms with Gasteiger partial charge in [0.25, 0.3) is 0 Å². The number of hydrogen-bond donors (Lipinski definition) is 2. The van der Waals surface area contributed by atoms with Gasteiger partial charge in [0, 0.05) is 18.2 Å². The second-order valence-corrected chi connectivity index (χ2v) is 6.87. The van der Waals surface area contributed by atoms with Crippen LogP contribution in [0, 0.1) is 12.3 Å². The first-order chi connectivity index (χ1) is 11.7. The molecule has 0 aliphatic heterocycles. The summed E-state index contributed by atoms with van der Waals surface area (Å²) in [6, 6.07) is 1.89. The van der Waals surface area contributed by atoms with E-state index in [9.17, 15) is 4.79 Å². The fourth-order valence-corrected chi connectivity index (χ4v) is 2.35. The molecule has 132 valence electrons. The number of anilines is 2. The van der Waals surface area contributed by atoms with E-state index in [-0.39, 0.29) is 17.7 Å². The van der Waals surface area contributed by atoms with Crippen LogP contribution in [-0.4, -0.2) is 35.2 Å². The summed E-state index contributed by atoms with van der Waals surface area (Å²) in [5.41, 5.74) is 7.42. The van der Waals surface area contributed by atoms with E-state index >= 15 is 0 Å². The first-order valence-corrected chi connectivity index (χ1v) is 8.08. The van der Waals surface area contributed by atoms with Crippen molar-refractivity contribution >= 4 is 28.8 Å². The van der Waals surface area contributed by atoms with Crippen molar-refractivity contribution in [2.24, 2.45) is 5.41 Å². The number of imidazole rings is 1. The molecule has 0 spiro atoms. The van der Waals surface area contributed by atoms with Crippen LogP contribution in [0.5, 0.6) is 0 Å². The maximum atomic E-state index is 12.2. The lowest BCUT2D eigenvalue weighted by molar-refractivity contribution is -0.123. The third-order valence-corrected chi connectivity index (χ3v) is 3.75. The van der Waals surface area contributed by atoms with Gasteiger partial charge in [0.15, 0.2) is 17.0 Å². The van der Waals surface area contributed by atoms with E-state index in [0.717, 1.165) is 5.69 Å². The summed E-state index contributed by atoms with van der Waals surface area (Å²) in [4.78, 5) is 25.4. The Balaban J connectivity index is 2.12. The number of carbonyl (C=O) groups excluding carboxylic acids is 1. The van der Waals surface area contributed by atoms with Crippen LogP contribution in [0.4, 0.5) is 11.8 Å². The molecule has 9 nitrogen and oxygen atoms in total. The van der Waals surface area contributed by atoms with Gasteiger partial charge in [-0.25, -0.2) is 9.67 Å². The second kappa shape index (κ2) is 5.83. The predicted octanol–water partition coefficient (Wildman–Crippen LogP) is 1.91. The number of nitrogen functional groups attached to an aromatic ring is 1. The Morgan fingerprint density at radius 1 is 1.28 bits per heavy atom. The van der Waals surface area contributed by atoms with Crippen LogP contribution in [0.15, 0.2) is 12.3 Å². The molecule has 0 radical (unpaired) electrons. The van der Waals surface area contributed by atoms with Crippen LogP contribution in [0.1, 0.15) is 33.4 Å². The number of nitrogens with one attached hydrogen (secondary N) is 1. The number of fused-ring (bicyclic) bond motifs is 1. The zero-order valence-corrected chi connectivity index (χ0v) is 15.0. The van der Waals surface area contributed by atoms with E-state index in [2.05, 4.69) is 25.4 Å². The highest BCUT2D eigenvalue weighted by Gasteiger charge is 2.24. The van der Waals surface area contributed by atoms with Crippen molar-refractivity contribution in [2.45, 2.75) is 41.2 Å². The molecule has 3 heterocycles. The zero-order valence-electron chi connectivity index (χ0n) is 15.0. The number of rotatable bonds is 3. The van der Waals surface area contributed by atoms with Gasteiger partial charge < -0.3 is 5.73 Å². The lowest BCUT2D eigenvalue weighted by Crippen LogP contribution is -2.28. The topological polar surface area (TPSA) is 117 Å². The number of nitrogens with zero attached hydrogens (tertiary/aromatic N) is 6. The van der Waals surface area contributed by atoms with Crippen LogP contribution < -0.4 is 11.1 Å². The lowest BCUT2D eigenvalue weighted by Gasteiger charge is -2.16. The number of nitrogens with two attached hydrogens (primary N) is 1. The highest BCUT2D eigenvalue weighted by atomic mass is 16.2. The molecule has 3 aromatic heterocycles. The van der Waals surface area contributed by atoms with Crippen LogP contribution in [0.25, 0.3) is 17.1 Å². The van der Waals surface area contributed by atoms with Crippen molar-refractivity contribution in [3.05, 3.63) is 18.0 Å². The van der Waals surface area contributed by atoms with Gasteiger partial charge in [0.05, 0.1) is 5.69 Å². The molecular weight excluding hydrogens is 320 g/mol. The van der Waals surface area contributed by atoms with Crippen molar-refractivity contribution in [1.29, 1.82) is 0 Å². The largest absolute Gasteiger partial charge is 0.382 e. The van der Waals surface area contributed by atoms with Crippen molar-refractivity contribution in [3.63, 3.8) is 0 Å². The molecule has 3 aromatic rings. The quantitative estimate of drug-likeness (QED) is 0.751. The molecule has 3 N–H and O–H groups in total. The summed E-state index contributed by atoms with van der Waals surface area (Å²) in [7, 11) is 0. The minimum absolute atomic E-state index is 0.169. The molecule has 0 aromatic carbocycles. The smallest absolute Gasteiger partial charge is 0.233 e. The van der Waals surface area contributed by atoms with Gasteiger partial charge in [-0.15, -0.1) is 0 Å². The molecule has 0 atom stereocenters. The predicted molar refractivity (Wildman–Crippen MR) is 95.4 cm³/mol. The van der Waals surface area contributed by atoms with Crippen LogP contribution >= 0.6 is 0 Å². The normalized spacial score (nSPS) is 11.9. The summed E-state index contributed by atoms with van der Waals surface area (Å²) < 4.78 is 3.56. The fraction of sp³-hybridized carbons (Fsp3) is 0.438. The van der Waals surface area contributed by atoms with Crippen molar-refractivity contribution < 1.29 is 4.79 Å². The van der Waals surface area contributed by atoms with Crippen molar-refractivity contribution in [1.82, 2.24) is 29.3 Å². The zero-order chi connectivity index (χ0) is 18.4. The first kappa shape index (κ1) is 16.9. The Labute approximate surface area is 145 Å². The second-order valence-electron chi connectivity index (χ2n) is 6.87. The molecule has 0 bridgehead atoms. The first-order valence-electron chi connectivity index (χ1n) is 8.08. The fourth-order valence-electron chi connectivity index (χ4n) is 2.35. The Morgan fingerprint density at radius 2 is 2.00 bits per heavy atom. The molecular formula is C16H22N8O. The molecule has 0 fully saturated rings. The van der Waals surface area contributed by atoms with Crippen LogP contribution in [0.3, 0.4) is 0 Å². The number of amides is 1. The number of aryl methyl sites for hydroxylation is 2. The molecule has 0 aliphatic carbocycles. The van der Waals surface area contributed by atoms with Crippen LogP contribution in [-0.2, 0) is 11.3 Å². The summed E-state index contributed by atoms with van der Waals surface area (Å²) in [6.45, 7) is 9.96. The van der Waals surface area contributed by atoms with Crippen molar-refractivity contribution in [2.75, 3.05) is 11.1 Å². The molecule has 0 aliphatic rings. The third kappa shape index (κ3) is 3.04. The number of carbonyl (C=O) groups is 1. The summed E-state index contributed by atoms with van der Waals surface area (Å²) in [5, 5.41) is 7.11. The summed E-state index contributed by atoms with van der Waals surface area (Å²) >= 11 is 0. The van der Waals surface area contributed by atoms with Gasteiger partial charge in [-0.2, -0.15) is 15.1 Å². The molecule has 9 heteroatoms. The van der Waals surface area contributed by atoms with E-state index in [0.29, 0.717) is 23.7 Å². The molecule has 25 heavy (non-hydrogen) atoms.